The van der Waals surface area contributed by atoms with Crippen LogP contribution in [0.5, 0.6) is 0 Å². The third-order valence-electron chi connectivity index (χ3n) is 17.6. The predicted molar refractivity (Wildman–Crippen MR) is 232 cm³/mol. The highest BCUT2D eigenvalue weighted by molar-refractivity contribution is 5.88. The molecule has 0 unspecified atom stereocenters. The van der Waals surface area contributed by atoms with Crippen LogP contribution in [0.25, 0.3) is 0 Å². The van der Waals surface area contributed by atoms with Gasteiger partial charge < -0.3 is 84.6 Å². The molecule has 18 nitrogen and oxygen atoms in total. The average molecular weight is 941 g/mol. The second-order valence-electron chi connectivity index (χ2n) is 21.5. The lowest BCUT2D eigenvalue weighted by Crippen LogP contribution is -2.64. The van der Waals surface area contributed by atoms with Crippen molar-refractivity contribution in [2.45, 2.75) is 191 Å². The van der Waals surface area contributed by atoms with Gasteiger partial charge in [0.1, 0.15) is 79.0 Å². The third-order valence-corrected chi connectivity index (χ3v) is 17.6. The van der Waals surface area contributed by atoms with Gasteiger partial charge in [-0.25, -0.2) is 0 Å². The van der Waals surface area contributed by atoms with E-state index in [0.717, 1.165) is 29.6 Å². The molecule has 0 radical (unpaired) electrons. The first-order chi connectivity index (χ1) is 31.0. The number of carbonyl (C=O) groups is 1. The summed E-state index contributed by atoms with van der Waals surface area (Å²) in [6, 6.07) is 0. The normalized spacial score (nSPS) is 49.4. The zero-order valence-electron chi connectivity index (χ0n) is 39.1. The van der Waals surface area contributed by atoms with E-state index < -0.39 is 129 Å². The Bertz CT molecular complexity index is 1800. The topological polar surface area (TPSA) is 295 Å². The summed E-state index contributed by atoms with van der Waals surface area (Å²) in [5.74, 6) is 0.430. The van der Waals surface area contributed by atoms with Crippen LogP contribution in [0.15, 0.2) is 35.5 Å². The number of Topliss-reactive ketones (excluding diaryl/α,β-unsaturated/α-hetero) is 1. The number of ether oxygens (including phenoxy) is 6. The Morgan fingerprint density at radius 1 is 0.727 bits per heavy atom. The molecular weight excluding hydrogens is 865 g/mol. The smallest absolute Gasteiger partial charge is 0.187 e. The highest BCUT2D eigenvalue weighted by Gasteiger charge is 2.70. The summed E-state index contributed by atoms with van der Waals surface area (Å²) in [6.07, 6.45) is -12.5. The zero-order chi connectivity index (χ0) is 48.4. The maximum Gasteiger partial charge on any atom is 0.187 e. The Hall–Kier alpha value is -1.79. The standard InChI is InChI=1S/C48H76O18/c1-22(20-61-42-39(58)36(55)33(52)27(18-49)63-42)9-8-10-23(2)24-15-16-46(5)30-13-11-25-26(48(30,7)31(51)17-47(24,46)6)12-14-32(45(25,3)4)66-44-41(60)38(57)35(54)29(65-44)21-62-43-40(59)37(56)34(53)28(19-50)64-43/h9,11,24,26-30,32-44,49-50,52-60H,2,8,10,12-21H2,1,3-7H3/b22-9+/t24-,26-,27-,28-,29-,30+,32+,33-,34-,35-,36+,37+,38+,39-,40-,41-,42-,43-,44+,46+,47-,48+/m1/s1. The van der Waals surface area contributed by atoms with E-state index in [2.05, 4.69) is 47.3 Å². The monoisotopic (exact) mass is 941 g/mol. The molecule has 0 aromatic heterocycles. The van der Waals surface area contributed by atoms with Crippen LogP contribution in [0.2, 0.25) is 0 Å². The van der Waals surface area contributed by atoms with E-state index in [4.69, 9.17) is 28.4 Å². The molecule has 6 fully saturated rings. The summed E-state index contributed by atoms with van der Waals surface area (Å²) in [5, 5.41) is 113. The SMILES string of the molecule is C=C(CC/C=C(\C)CO[C@@H]1O[C@H](CO)[C@@H](O)[C@H](O)[C@H]1O)[C@H]1CC[C@@]2(C)[C@@H]3CC=C4[C@@H](CC[C@H](O[C@@H]5O[C@H](CO[C@@H]6O[C@H](CO)[C@@H](O)[C@H](O)[C@H]6O)[C@@H](O)[C@H](O)[C@H]5O)C4(C)C)[C@]3(C)C(=O)C[C@]12C. The molecule has 3 aliphatic heterocycles. The number of aliphatic hydroxyl groups is 11. The van der Waals surface area contributed by atoms with Gasteiger partial charge in [-0.15, -0.1) is 0 Å². The molecule has 0 amide bonds. The summed E-state index contributed by atoms with van der Waals surface area (Å²) in [6.45, 7) is 15.9. The molecule has 3 heterocycles. The summed E-state index contributed by atoms with van der Waals surface area (Å²) in [4.78, 5) is 14.9. The van der Waals surface area contributed by atoms with Gasteiger partial charge in [-0.2, -0.15) is 0 Å². The number of hydrogen-bond acceptors (Lipinski definition) is 18. The minimum atomic E-state index is -1.69. The molecule has 66 heavy (non-hydrogen) atoms. The molecular formula is C48H76O18. The molecule has 3 saturated heterocycles. The first-order valence-electron chi connectivity index (χ1n) is 23.7. The van der Waals surface area contributed by atoms with Crippen LogP contribution < -0.4 is 0 Å². The van der Waals surface area contributed by atoms with Crippen LogP contribution in [-0.2, 0) is 33.2 Å². The van der Waals surface area contributed by atoms with Crippen molar-refractivity contribution in [3.05, 3.63) is 35.5 Å². The Morgan fingerprint density at radius 2 is 1.27 bits per heavy atom. The summed E-state index contributed by atoms with van der Waals surface area (Å²) in [7, 11) is 0. The molecule has 0 aromatic rings. The molecule has 7 aliphatic rings. The molecule has 0 aromatic carbocycles. The second kappa shape index (κ2) is 19.8. The van der Waals surface area contributed by atoms with Gasteiger partial charge in [0.05, 0.1) is 32.5 Å². The first kappa shape index (κ1) is 52.0. The van der Waals surface area contributed by atoms with Crippen molar-refractivity contribution < 1.29 is 89.4 Å². The number of carbonyl (C=O) groups excluding carboxylic acids is 1. The molecule has 18 heteroatoms. The van der Waals surface area contributed by atoms with Crippen molar-refractivity contribution >= 4 is 5.78 Å². The van der Waals surface area contributed by atoms with E-state index in [1.165, 1.54) is 0 Å². The van der Waals surface area contributed by atoms with Crippen LogP contribution in [-0.4, -0.2) is 187 Å². The highest BCUT2D eigenvalue weighted by atomic mass is 16.7. The van der Waals surface area contributed by atoms with Crippen LogP contribution >= 0.6 is 0 Å². The summed E-state index contributed by atoms with van der Waals surface area (Å²) in [5.41, 5.74) is 1.38. The molecule has 376 valence electrons. The fraction of sp³-hybridized carbons (Fsp3) is 0.854. The number of hydrogen-bond donors (Lipinski definition) is 11. The molecule has 22 atom stereocenters. The lowest BCUT2D eigenvalue weighted by Gasteiger charge is -2.64. The lowest BCUT2D eigenvalue weighted by atomic mass is 9.39. The number of allylic oxidation sites excluding steroid dienone is 3. The van der Waals surface area contributed by atoms with Gasteiger partial charge in [0.2, 0.25) is 0 Å². The fourth-order valence-electron chi connectivity index (χ4n) is 13.2. The Kier molecular flexibility index (Phi) is 15.6. The maximum atomic E-state index is 14.9. The van der Waals surface area contributed by atoms with Crippen LogP contribution in [0, 0.1) is 39.4 Å². The molecule has 11 N–H and O–H groups in total. The van der Waals surface area contributed by atoms with E-state index in [-0.39, 0.29) is 41.0 Å². The zero-order valence-corrected chi connectivity index (χ0v) is 39.1. The summed E-state index contributed by atoms with van der Waals surface area (Å²) < 4.78 is 34.8. The third kappa shape index (κ3) is 8.86. The Balaban J connectivity index is 0.985. The largest absolute Gasteiger partial charge is 0.394 e. The van der Waals surface area contributed by atoms with Gasteiger partial charge >= 0.3 is 0 Å². The molecule has 0 spiro atoms. The van der Waals surface area contributed by atoms with Crippen molar-refractivity contribution in [3.63, 3.8) is 0 Å². The van der Waals surface area contributed by atoms with E-state index in [1.807, 2.05) is 13.0 Å². The fourth-order valence-corrected chi connectivity index (χ4v) is 13.2. The number of fused-ring (bicyclic) bond motifs is 5. The lowest BCUT2D eigenvalue weighted by molar-refractivity contribution is -0.340. The minimum Gasteiger partial charge on any atom is -0.394 e. The number of aliphatic hydroxyl groups excluding tert-OH is 11. The Morgan fingerprint density at radius 3 is 1.86 bits per heavy atom. The van der Waals surface area contributed by atoms with E-state index in [1.54, 1.807) is 0 Å². The molecule has 4 aliphatic carbocycles. The van der Waals surface area contributed by atoms with Crippen molar-refractivity contribution in [1.82, 2.24) is 0 Å². The van der Waals surface area contributed by atoms with Crippen molar-refractivity contribution in [2.24, 2.45) is 39.4 Å². The quantitative estimate of drug-likeness (QED) is 0.101. The van der Waals surface area contributed by atoms with E-state index >= 15 is 0 Å². The van der Waals surface area contributed by atoms with E-state index in [9.17, 15) is 61.0 Å². The number of ketones is 1. The van der Waals surface area contributed by atoms with Crippen LogP contribution in [0.4, 0.5) is 0 Å². The van der Waals surface area contributed by atoms with Gasteiger partial charge in [0.15, 0.2) is 18.9 Å². The average Bonchev–Trinajstić information content (AvgIpc) is 3.55. The van der Waals surface area contributed by atoms with Gasteiger partial charge in [-0.1, -0.05) is 70.1 Å². The summed E-state index contributed by atoms with van der Waals surface area (Å²) >= 11 is 0. The van der Waals surface area contributed by atoms with Crippen LogP contribution in [0.1, 0.15) is 92.9 Å². The molecule has 3 saturated carbocycles. The Labute approximate surface area is 386 Å². The van der Waals surface area contributed by atoms with Gasteiger partial charge in [0, 0.05) is 17.3 Å². The van der Waals surface area contributed by atoms with Gasteiger partial charge in [0.25, 0.3) is 0 Å². The highest BCUT2D eigenvalue weighted by Crippen LogP contribution is 2.74. The maximum absolute atomic E-state index is 14.9. The molecule has 7 rings (SSSR count). The van der Waals surface area contributed by atoms with Crippen LogP contribution in [0.3, 0.4) is 0 Å². The van der Waals surface area contributed by atoms with Crippen molar-refractivity contribution in [2.75, 3.05) is 26.4 Å². The van der Waals surface area contributed by atoms with Gasteiger partial charge in [-0.3, -0.25) is 4.79 Å². The van der Waals surface area contributed by atoms with Gasteiger partial charge in [-0.05, 0) is 80.5 Å². The predicted octanol–water partition coefficient (Wildman–Crippen LogP) is -0.121. The van der Waals surface area contributed by atoms with Crippen molar-refractivity contribution in [3.8, 4) is 0 Å². The second-order valence-corrected chi connectivity index (χ2v) is 21.5. The minimum absolute atomic E-state index is 0.0511. The van der Waals surface area contributed by atoms with Crippen molar-refractivity contribution in [1.29, 1.82) is 0 Å². The molecule has 0 bridgehead atoms. The number of rotatable bonds is 14. The van der Waals surface area contributed by atoms with E-state index in [0.29, 0.717) is 38.5 Å². The first-order valence-corrected chi connectivity index (χ1v) is 23.7.